The number of rotatable bonds is 5. The number of carbonyl (C=O) groups is 2. The van der Waals surface area contributed by atoms with E-state index in [1.165, 1.54) is 0 Å². The zero-order valence-corrected chi connectivity index (χ0v) is 13.7. The number of methoxy groups -OCH3 is 1. The van der Waals surface area contributed by atoms with E-state index in [4.69, 9.17) is 9.47 Å². The van der Waals surface area contributed by atoms with Gasteiger partial charge in [-0.15, -0.1) is 0 Å². The summed E-state index contributed by atoms with van der Waals surface area (Å²) in [6, 6.07) is 12.2. The third kappa shape index (κ3) is 2.83. The van der Waals surface area contributed by atoms with Crippen molar-refractivity contribution in [1.29, 1.82) is 0 Å². The molecule has 0 radical (unpaired) electrons. The van der Waals surface area contributed by atoms with E-state index in [0.717, 1.165) is 12.0 Å². The molecule has 1 aliphatic carbocycles. The molecule has 0 aromatic heterocycles. The Kier molecular flexibility index (Phi) is 4.47. The second kappa shape index (κ2) is 6.71. The summed E-state index contributed by atoms with van der Waals surface area (Å²) in [6.07, 6.45) is 2.51. The minimum absolute atomic E-state index is 0.181. The van der Waals surface area contributed by atoms with Crippen LogP contribution in [0.3, 0.4) is 0 Å². The summed E-state index contributed by atoms with van der Waals surface area (Å²) in [7, 11) is 1.56. The first-order chi connectivity index (χ1) is 11.7. The van der Waals surface area contributed by atoms with Gasteiger partial charge in [-0.25, -0.2) is 0 Å². The van der Waals surface area contributed by atoms with Crippen LogP contribution in [-0.4, -0.2) is 25.3 Å². The molecule has 0 aliphatic heterocycles. The molecule has 0 saturated carbocycles. The fraction of sp³-hybridized carbons (Fsp3) is 0.200. The van der Waals surface area contributed by atoms with E-state index in [-0.39, 0.29) is 17.1 Å². The smallest absolute Gasteiger partial charge is 0.197 e. The Balaban J connectivity index is 1.95. The van der Waals surface area contributed by atoms with Gasteiger partial charge in [0.05, 0.1) is 19.3 Å². The van der Waals surface area contributed by atoms with Gasteiger partial charge < -0.3 is 9.47 Å². The van der Waals surface area contributed by atoms with Crippen LogP contribution < -0.4 is 9.47 Å². The number of benzene rings is 2. The maximum Gasteiger partial charge on any atom is 0.197 e. The van der Waals surface area contributed by atoms with E-state index < -0.39 is 0 Å². The van der Waals surface area contributed by atoms with E-state index in [9.17, 15) is 9.59 Å². The van der Waals surface area contributed by atoms with Crippen LogP contribution in [0.1, 0.15) is 39.6 Å². The molecule has 122 valence electrons. The van der Waals surface area contributed by atoms with Gasteiger partial charge in [0, 0.05) is 11.1 Å². The van der Waals surface area contributed by atoms with Gasteiger partial charge in [0.15, 0.2) is 23.1 Å². The molecule has 0 saturated heterocycles. The average Bonchev–Trinajstić information content (AvgIpc) is 2.86. The van der Waals surface area contributed by atoms with Crippen LogP contribution in [0, 0.1) is 0 Å². The summed E-state index contributed by atoms with van der Waals surface area (Å²) in [4.78, 5) is 24.9. The van der Waals surface area contributed by atoms with Crippen LogP contribution in [0.4, 0.5) is 0 Å². The molecule has 3 rings (SSSR count). The Hall–Kier alpha value is -2.88. The zero-order valence-electron chi connectivity index (χ0n) is 13.7. The molecule has 0 atom stereocenters. The first-order valence-corrected chi connectivity index (χ1v) is 7.86. The molecule has 0 heterocycles. The lowest BCUT2D eigenvalue weighted by atomic mass is 10.1. The van der Waals surface area contributed by atoms with Gasteiger partial charge in [-0.05, 0) is 30.2 Å². The maximum atomic E-state index is 12.4. The number of ether oxygens (including phenoxy) is 2. The molecule has 4 heteroatoms. The second-order valence-corrected chi connectivity index (χ2v) is 5.52. The molecule has 1 aliphatic rings. The molecule has 4 nitrogen and oxygen atoms in total. The maximum absolute atomic E-state index is 12.4. The van der Waals surface area contributed by atoms with Crippen LogP contribution in [0.25, 0.3) is 6.08 Å². The van der Waals surface area contributed by atoms with Crippen LogP contribution >= 0.6 is 0 Å². The quantitative estimate of drug-likeness (QED) is 0.618. The van der Waals surface area contributed by atoms with Gasteiger partial charge in [0.2, 0.25) is 0 Å². The Morgan fingerprint density at radius 3 is 2.21 bits per heavy atom. The van der Waals surface area contributed by atoms with E-state index in [2.05, 4.69) is 0 Å². The van der Waals surface area contributed by atoms with Crippen LogP contribution in [0.5, 0.6) is 11.5 Å². The van der Waals surface area contributed by atoms with Crippen molar-refractivity contribution in [1.82, 2.24) is 0 Å². The normalized spacial score (nSPS) is 13.0. The predicted octanol–water partition coefficient (Wildman–Crippen LogP) is 3.95. The number of carbonyl (C=O) groups excluding carboxylic acids is 2. The van der Waals surface area contributed by atoms with Crippen molar-refractivity contribution in [2.45, 2.75) is 13.3 Å². The van der Waals surface area contributed by atoms with Crippen molar-refractivity contribution in [2.75, 3.05) is 13.7 Å². The lowest BCUT2D eigenvalue weighted by Gasteiger charge is -2.10. The third-order valence-corrected chi connectivity index (χ3v) is 3.87. The fourth-order valence-electron chi connectivity index (χ4n) is 2.68. The van der Waals surface area contributed by atoms with Crippen molar-refractivity contribution >= 4 is 17.6 Å². The highest BCUT2D eigenvalue weighted by Gasteiger charge is 2.32. The van der Waals surface area contributed by atoms with Gasteiger partial charge in [0.1, 0.15) is 0 Å². The first-order valence-electron chi connectivity index (χ1n) is 7.86. The average molecular weight is 322 g/mol. The Bertz CT molecular complexity index is 796. The summed E-state index contributed by atoms with van der Waals surface area (Å²) in [5, 5.41) is 0. The van der Waals surface area contributed by atoms with Gasteiger partial charge in [-0.2, -0.15) is 0 Å². The van der Waals surface area contributed by atoms with Gasteiger partial charge in [0.25, 0.3) is 0 Å². The molecular weight excluding hydrogens is 304 g/mol. The number of Topliss-reactive ketones (excluding diaryl/α,β-unsaturated/α-hetero) is 2. The zero-order chi connectivity index (χ0) is 17.1. The van der Waals surface area contributed by atoms with Crippen LogP contribution in [0.2, 0.25) is 0 Å². The molecular formula is C20H18O4. The molecule has 2 aromatic carbocycles. The summed E-state index contributed by atoms with van der Waals surface area (Å²) in [5.74, 6) is 0.754. The number of allylic oxidation sites excluding steroid dienone is 1. The standard InChI is InChI=1S/C20H18O4/c1-3-10-24-17-9-8-13(12-18(17)23-2)11-16-19(21)14-6-4-5-7-15(14)20(16)22/h4-9,11-12H,3,10H2,1-2H3. The van der Waals surface area contributed by atoms with Crippen LogP contribution in [0.15, 0.2) is 48.0 Å². The molecule has 0 amide bonds. The molecule has 0 N–H and O–H groups in total. The van der Waals surface area contributed by atoms with Gasteiger partial charge in [-0.1, -0.05) is 37.3 Å². The Labute approximate surface area is 140 Å². The van der Waals surface area contributed by atoms with E-state index in [1.807, 2.05) is 13.0 Å². The lowest BCUT2D eigenvalue weighted by Crippen LogP contribution is -2.01. The second-order valence-electron chi connectivity index (χ2n) is 5.52. The molecule has 0 fully saturated rings. The summed E-state index contributed by atoms with van der Waals surface area (Å²) >= 11 is 0. The van der Waals surface area contributed by atoms with Gasteiger partial charge >= 0.3 is 0 Å². The Morgan fingerprint density at radius 1 is 0.958 bits per heavy atom. The highest BCUT2D eigenvalue weighted by atomic mass is 16.5. The van der Waals surface area contributed by atoms with E-state index in [0.29, 0.717) is 29.2 Å². The highest BCUT2D eigenvalue weighted by molar-refractivity contribution is 6.41. The number of hydrogen-bond acceptors (Lipinski definition) is 4. The van der Waals surface area contributed by atoms with Crippen molar-refractivity contribution in [3.05, 3.63) is 64.7 Å². The minimum atomic E-state index is -0.235. The molecule has 24 heavy (non-hydrogen) atoms. The third-order valence-electron chi connectivity index (χ3n) is 3.87. The summed E-state index contributed by atoms with van der Waals surface area (Å²) < 4.78 is 11.0. The predicted molar refractivity (Wildman–Crippen MR) is 91.9 cm³/mol. The molecule has 0 spiro atoms. The Morgan fingerprint density at radius 2 is 1.62 bits per heavy atom. The van der Waals surface area contributed by atoms with Crippen molar-refractivity contribution in [2.24, 2.45) is 0 Å². The molecule has 0 unspecified atom stereocenters. The SMILES string of the molecule is CCCOc1ccc(C=C2C(=O)c3ccccc3C2=O)cc1OC. The molecule has 2 aromatic rings. The first kappa shape index (κ1) is 16.0. The van der Waals surface area contributed by atoms with Crippen LogP contribution in [-0.2, 0) is 0 Å². The molecule has 0 bridgehead atoms. The van der Waals surface area contributed by atoms with Crippen molar-refractivity contribution < 1.29 is 19.1 Å². The monoisotopic (exact) mass is 322 g/mol. The van der Waals surface area contributed by atoms with Gasteiger partial charge in [-0.3, -0.25) is 9.59 Å². The largest absolute Gasteiger partial charge is 0.493 e. The summed E-state index contributed by atoms with van der Waals surface area (Å²) in [6.45, 7) is 2.63. The lowest BCUT2D eigenvalue weighted by molar-refractivity contribution is 0.0990. The fourth-order valence-corrected chi connectivity index (χ4v) is 2.68. The topological polar surface area (TPSA) is 52.6 Å². The minimum Gasteiger partial charge on any atom is -0.493 e. The number of ketones is 2. The number of hydrogen-bond donors (Lipinski definition) is 0. The van der Waals surface area contributed by atoms with E-state index in [1.54, 1.807) is 49.6 Å². The van der Waals surface area contributed by atoms with Crippen molar-refractivity contribution in [3.63, 3.8) is 0 Å². The van der Waals surface area contributed by atoms with Crippen molar-refractivity contribution in [3.8, 4) is 11.5 Å². The van der Waals surface area contributed by atoms with E-state index >= 15 is 0 Å². The number of fused-ring (bicyclic) bond motifs is 1. The summed E-state index contributed by atoms with van der Waals surface area (Å²) in [5.41, 5.74) is 1.83. The highest BCUT2D eigenvalue weighted by Crippen LogP contribution is 2.31.